The molecule has 4 aromatic rings. The first-order valence-electron chi connectivity index (χ1n) is 9.73. The van der Waals surface area contributed by atoms with Crippen LogP contribution in [0.3, 0.4) is 0 Å². The van der Waals surface area contributed by atoms with E-state index in [0.29, 0.717) is 11.5 Å². The average Bonchev–Trinajstić information content (AvgIpc) is 2.77. The molecule has 0 aliphatic rings. The molecule has 0 radical (unpaired) electrons. The summed E-state index contributed by atoms with van der Waals surface area (Å²) in [7, 11) is 0. The minimum absolute atomic E-state index is 0.166. The molecule has 1 aromatic heterocycles. The molecule has 1 heterocycles. The van der Waals surface area contributed by atoms with Gasteiger partial charge in [-0.25, -0.2) is 9.97 Å². The molecule has 30 heavy (non-hydrogen) atoms. The van der Waals surface area contributed by atoms with Gasteiger partial charge in [0.15, 0.2) is 0 Å². The molecule has 5 heteroatoms. The summed E-state index contributed by atoms with van der Waals surface area (Å²) in [5.41, 5.74) is 6.10. The van der Waals surface area contributed by atoms with Crippen LogP contribution in [-0.4, -0.2) is 15.9 Å². The van der Waals surface area contributed by atoms with Crippen molar-refractivity contribution < 1.29 is 4.79 Å². The van der Waals surface area contributed by atoms with Crippen molar-refractivity contribution in [2.24, 2.45) is 0 Å². The Morgan fingerprint density at radius 3 is 2.40 bits per heavy atom. The van der Waals surface area contributed by atoms with Crippen LogP contribution >= 0.6 is 0 Å². The standard InChI is InChI=1S/C25H22N4O/c1-17-8-12-21(13-9-17)27-24(30)20-11-10-18(2)23(16-20)29-25-26-15-14-22(28-25)19-6-4-3-5-7-19/h3-16H,1-2H3,(H,27,30)(H,26,28,29). The monoisotopic (exact) mass is 394 g/mol. The quantitative estimate of drug-likeness (QED) is 0.452. The van der Waals surface area contributed by atoms with Crippen LogP contribution in [0.1, 0.15) is 21.5 Å². The molecule has 0 spiro atoms. The first-order valence-corrected chi connectivity index (χ1v) is 9.73. The van der Waals surface area contributed by atoms with E-state index in [4.69, 9.17) is 0 Å². The number of benzene rings is 3. The van der Waals surface area contributed by atoms with Crippen molar-refractivity contribution in [1.82, 2.24) is 9.97 Å². The third-order valence-corrected chi connectivity index (χ3v) is 4.78. The fourth-order valence-corrected chi connectivity index (χ4v) is 3.05. The van der Waals surface area contributed by atoms with Gasteiger partial charge in [-0.2, -0.15) is 0 Å². The zero-order chi connectivity index (χ0) is 20.9. The van der Waals surface area contributed by atoms with E-state index in [9.17, 15) is 4.79 Å². The summed E-state index contributed by atoms with van der Waals surface area (Å²) >= 11 is 0. The first kappa shape index (κ1) is 19.3. The molecule has 0 aliphatic heterocycles. The Hall–Kier alpha value is -3.99. The molecule has 4 rings (SSSR count). The zero-order valence-electron chi connectivity index (χ0n) is 16.9. The number of nitrogens with one attached hydrogen (secondary N) is 2. The molecule has 0 saturated carbocycles. The van der Waals surface area contributed by atoms with Crippen LogP contribution in [0.4, 0.5) is 17.3 Å². The van der Waals surface area contributed by atoms with Crippen molar-refractivity contribution in [1.29, 1.82) is 0 Å². The third kappa shape index (κ3) is 4.52. The van der Waals surface area contributed by atoms with Gasteiger partial charge in [0, 0.05) is 28.7 Å². The molecular formula is C25H22N4O. The Morgan fingerprint density at radius 1 is 0.867 bits per heavy atom. The Balaban J connectivity index is 1.55. The van der Waals surface area contributed by atoms with Gasteiger partial charge in [-0.15, -0.1) is 0 Å². The maximum absolute atomic E-state index is 12.7. The molecule has 0 saturated heterocycles. The summed E-state index contributed by atoms with van der Waals surface area (Å²) in [5.74, 6) is 0.316. The highest BCUT2D eigenvalue weighted by atomic mass is 16.1. The molecule has 1 amide bonds. The van der Waals surface area contributed by atoms with Crippen molar-refractivity contribution in [3.8, 4) is 11.3 Å². The summed E-state index contributed by atoms with van der Waals surface area (Å²) in [4.78, 5) is 21.6. The van der Waals surface area contributed by atoms with E-state index in [2.05, 4.69) is 20.6 Å². The summed E-state index contributed by atoms with van der Waals surface area (Å²) in [6.45, 7) is 3.99. The number of amides is 1. The molecule has 0 aliphatic carbocycles. The minimum atomic E-state index is -0.166. The van der Waals surface area contributed by atoms with Crippen molar-refractivity contribution in [2.45, 2.75) is 13.8 Å². The van der Waals surface area contributed by atoms with Crippen LogP contribution < -0.4 is 10.6 Å². The molecule has 3 aromatic carbocycles. The Bertz CT molecular complexity index is 1170. The lowest BCUT2D eigenvalue weighted by Crippen LogP contribution is -2.12. The summed E-state index contributed by atoms with van der Waals surface area (Å²) < 4.78 is 0. The smallest absolute Gasteiger partial charge is 0.255 e. The van der Waals surface area contributed by atoms with E-state index in [1.807, 2.05) is 92.7 Å². The van der Waals surface area contributed by atoms with Gasteiger partial charge >= 0.3 is 0 Å². The van der Waals surface area contributed by atoms with Gasteiger partial charge in [0.05, 0.1) is 5.69 Å². The lowest BCUT2D eigenvalue weighted by Gasteiger charge is -2.12. The fourth-order valence-electron chi connectivity index (χ4n) is 3.05. The molecule has 2 N–H and O–H groups in total. The normalized spacial score (nSPS) is 10.5. The fraction of sp³-hybridized carbons (Fsp3) is 0.0800. The average molecular weight is 394 g/mol. The lowest BCUT2D eigenvalue weighted by atomic mass is 10.1. The topological polar surface area (TPSA) is 66.9 Å². The minimum Gasteiger partial charge on any atom is -0.324 e. The molecule has 0 atom stereocenters. The predicted molar refractivity (Wildman–Crippen MR) is 121 cm³/mol. The number of rotatable bonds is 5. The SMILES string of the molecule is Cc1ccc(NC(=O)c2ccc(C)c(Nc3nccc(-c4ccccc4)n3)c2)cc1. The number of aromatic nitrogens is 2. The summed E-state index contributed by atoms with van der Waals surface area (Å²) in [6.07, 6.45) is 1.72. The molecule has 0 fully saturated rings. The maximum atomic E-state index is 12.7. The first-order chi connectivity index (χ1) is 14.6. The number of hydrogen-bond acceptors (Lipinski definition) is 4. The predicted octanol–water partition coefficient (Wildman–Crippen LogP) is 5.76. The Kier molecular flexibility index (Phi) is 5.52. The number of nitrogens with zero attached hydrogens (tertiary/aromatic N) is 2. The van der Waals surface area contributed by atoms with Crippen molar-refractivity contribution in [3.05, 3.63) is 102 Å². The van der Waals surface area contributed by atoms with Gasteiger partial charge < -0.3 is 10.6 Å². The third-order valence-electron chi connectivity index (χ3n) is 4.78. The van der Waals surface area contributed by atoms with Crippen molar-refractivity contribution in [3.63, 3.8) is 0 Å². The highest BCUT2D eigenvalue weighted by Gasteiger charge is 2.10. The summed E-state index contributed by atoms with van der Waals surface area (Å²) in [5, 5.41) is 6.18. The number of carbonyl (C=O) groups excluding carboxylic acids is 1. The van der Waals surface area contributed by atoms with Crippen LogP contribution in [0.15, 0.2) is 85.1 Å². The second kappa shape index (κ2) is 8.57. The van der Waals surface area contributed by atoms with E-state index in [1.54, 1.807) is 6.20 Å². The maximum Gasteiger partial charge on any atom is 0.255 e. The molecular weight excluding hydrogens is 372 g/mol. The van der Waals surface area contributed by atoms with Gasteiger partial charge in [0.25, 0.3) is 5.91 Å². The van der Waals surface area contributed by atoms with Crippen molar-refractivity contribution >= 4 is 23.2 Å². The largest absolute Gasteiger partial charge is 0.324 e. The number of anilines is 3. The number of aryl methyl sites for hydroxylation is 2. The van der Waals surface area contributed by atoms with Gasteiger partial charge in [-0.1, -0.05) is 54.1 Å². The molecule has 0 unspecified atom stereocenters. The van der Waals surface area contributed by atoms with E-state index < -0.39 is 0 Å². The zero-order valence-corrected chi connectivity index (χ0v) is 16.9. The number of carbonyl (C=O) groups is 1. The van der Waals surface area contributed by atoms with Gasteiger partial charge in [0.2, 0.25) is 5.95 Å². The van der Waals surface area contributed by atoms with Crippen LogP contribution in [0.25, 0.3) is 11.3 Å². The number of hydrogen-bond donors (Lipinski definition) is 2. The summed E-state index contributed by atoms with van der Waals surface area (Å²) in [6, 6.07) is 25.1. The van der Waals surface area contributed by atoms with Gasteiger partial charge in [0.1, 0.15) is 0 Å². The van der Waals surface area contributed by atoms with Gasteiger partial charge in [-0.05, 0) is 49.7 Å². The van der Waals surface area contributed by atoms with E-state index in [0.717, 1.165) is 33.8 Å². The van der Waals surface area contributed by atoms with Crippen LogP contribution in [0, 0.1) is 13.8 Å². The molecule has 148 valence electrons. The van der Waals surface area contributed by atoms with Crippen LogP contribution in [0.5, 0.6) is 0 Å². The van der Waals surface area contributed by atoms with Crippen molar-refractivity contribution in [2.75, 3.05) is 10.6 Å². The van der Waals surface area contributed by atoms with E-state index >= 15 is 0 Å². The lowest BCUT2D eigenvalue weighted by molar-refractivity contribution is 0.102. The Labute approximate surface area is 175 Å². The molecule has 5 nitrogen and oxygen atoms in total. The van der Waals surface area contributed by atoms with Crippen LogP contribution in [0.2, 0.25) is 0 Å². The highest BCUT2D eigenvalue weighted by molar-refractivity contribution is 6.05. The Morgan fingerprint density at radius 2 is 1.63 bits per heavy atom. The molecule has 0 bridgehead atoms. The van der Waals surface area contributed by atoms with Gasteiger partial charge in [-0.3, -0.25) is 4.79 Å². The second-order valence-electron chi connectivity index (χ2n) is 7.11. The highest BCUT2D eigenvalue weighted by Crippen LogP contribution is 2.23. The second-order valence-corrected chi connectivity index (χ2v) is 7.11. The van der Waals surface area contributed by atoms with Crippen LogP contribution in [-0.2, 0) is 0 Å². The van der Waals surface area contributed by atoms with E-state index in [1.165, 1.54) is 0 Å². The van der Waals surface area contributed by atoms with E-state index in [-0.39, 0.29) is 5.91 Å².